The van der Waals surface area contributed by atoms with Gasteiger partial charge in [0.25, 0.3) is 0 Å². The van der Waals surface area contributed by atoms with Gasteiger partial charge in [-0.2, -0.15) is 0 Å². The van der Waals surface area contributed by atoms with Crippen molar-refractivity contribution in [1.29, 1.82) is 0 Å². The molecule has 0 spiro atoms. The molecule has 2 rings (SSSR count). The average Bonchev–Trinajstić information content (AvgIpc) is 2.41. The predicted molar refractivity (Wildman–Crippen MR) is 86.2 cm³/mol. The van der Waals surface area contributed by atoms with Crippen molar-refractivity contribution in [1.82, 2.24) is 4.90 Å². The molecular weight excluding hydrogens is 262 g/mol. The Labute approximate surface area is 128 Å². The summed E-state index contributed by atoms with van der Waals surface area (Å²) in [6, 6.07) is 0. The Morgan fingerprint density at radius 1 is 1.38 bits per heavy atom. The van der Waals surface area contributed by atoms with Crippen LogP contribution in [0.2, 0.25) is 0 Å². The maximum absolute atomic E-state index is 11.0. The smallest absolute Gasteiger partial charge is 0.306 e. The first-order valence-electron chi connectivity index (χ1n) is 8.05. The van der Waals surface area contributed by atoms with Crippen LogP contribution in [0, 0.1) is 16.7 Å². The lowest BCUT2D eigenvalue weighted by molar-refractivity contribution is -0.143. The van der Waals surface area contributed by atoms with Crippen LogP contribution in [0.1, 0.15) is 47.0 Å². The fraction of sp³-hybridized carbons (Fsp3) is 0.722. The van der Waals surface area contributed by atoms with E-state index < -0.39 is 5.97 Å². The lowest BCUT2D eigenvalue weighted by atomic mass is 9.64. The van der Waals surface area contributed by atoms with E-state index in [1.807, 2.05) is 0 Å². The van der Waals surface area contributed by atoms with Crippen LogP contribution >= 0.6 is 0 Å². The van der Waals surface area contributed by atoms with Gasteiger partial charge in [0.1, 0.15) is 0 Å². The number of piperidine rings is 1. The second kappa shape index (κ2) is 5.96. The fourth-order valence-electron chi connectivity index (χ4n) is 3.04. The van der Waals surface area contributed by atoms with E-state index in [1.165, 1.54) is 5.57 Å². The van der Waals surface area contributed by atoms with E-state index in [9.17, 15) is 4.79 Å². The number of allylic oxidation sites excluding steroid dienone is 2. The van der Waals surface area contributed by atoms with E-state index in [4.69, 9.17) is 5.11 Å². The Balaban J connectivity index is 1.87. The number of rotatable bonds is 3. The fourth-order valence-corrected chi connectivity index (χ4v) is 3.04. The number of aliphatic carboxylic acids is 1. The van der Waals surface area contributed by atoms with E-state index in [0.29, 0.717) is 0 Å². The van der Waals surface area contributed by atoms with Crippen molar-refractivity contribution in [2.45, 2.75) is 47.0 Å². The van der Waals surface area contributed by atoms with Crippen LogP contribution in [-0.2, 0) is 4.79 Å². The summed E-state index contributed by atoms with van der Waals surface area (Å²) in [7, 11) is 0. The maximum Gasteiger partial charge on any atom is 0.306 e. The number of carbonyl (C=O) groups is 1. The van der Waals surface area contributed by atoms with Crippen molar-refractivity contribution in [3.63, 3.8) is 0 Å². The zero-order valence-corrected chi connectivity index (χ0v) is 13.9. The first kappa shape index (κ1) is 16.3. The number of likely N-dealkylation sites (tertiary alicyclic amines) is 1. The van der Waals surface area contributed by atoms with Gasteiger partial charge in [-0.05, 0) is 48.8 Å². The first-order valence-corrected chi connectivity index (χ1v) is 8.05. The summed E-state index contributed by atoms with van der Waals surface area (Å²) in [5, 5.41) is 9.04. The number of hydrogen-bond donors (Lipinski definition) is 1. The van der Waals surface area contributed by atoms with Crippen molar-refractivity contribution in [2.24, 2.45) is 16.7 Å². The molecule has 0 bridgehead atoms. The second-order valence-corrected chi connectivity index (χ2v) is 7.87. The quantitative estimate of drug-likeness (QED) is 0.861. The van der Waals surface area contributed by atoms with Gasteiger partial charge in [0.2, 0.25) is 0 Å². The third-order valence-corrected chi connectivity index (χ3v) is 5.51. The molecule has 0 aromatic rings. The van der Waals surface area contributed by atoms with Crippen molar-refractivity contribution < 1.29 is 9.90 Å². The predicted octanol–water partition coefficient (Wildman–Crippen LogP) is 3.72. The van der Waals surface area contributed by atoms with Gasteiger partial charge in [-0.3, -0.25) is 9.69 Å². The molecule has 0 amide bonds. The number of carboxylic acid groups (broad SMARTS) is 1. The molecule has 1 saturated heterocycles. The van der Waals surface area contributed by atoms with E-state index in [1.54, 1.807) is 0 Å². The molecule has 1 heterocycles. The van der Waals surface area contributed by atoms with Crippen molar-refractivity contribution in [3.05, 3.63) is 23.8 Å². The summed E-state index contributed by atoms with van der Waals surface area (Å²) in [5.41, 5.74) is 1.88. The summed E-state index contributed by atoms with van der Waals surface area (Å²) in [6.45, 7) is 12.0. The largest absolute Gasteiger partial charge is 0.481 e. The van der Waals surface area contributed by atoms with E-state index in [2.05, 4.69) is 50.8 Å². The van der Waals surface area contributed by atoms with Crippen LogP contribution in [0.25, 0.3) is 0 Å². The molecule has 0 aromatic carbocycles. The molecule has 118 valence electrons. The summed E-state index contributed by atoms with van der Waals surface area (Å²) in [4.78, 5) is 13.4. The Kier molecular flexibility index (Phi) is 4.62. The molecule has 1 N–H and O–H groups in total. The topological polar surface area (TPSA) is 40.5 Å². The average molecular weight is 291 g/mol. The molecule has 1 fully saturated rings. The van der Waals surface area contributed by atoms with Crippen LogP contribution in [0.5, 0.6) is 0 Å². The second-order valence-electron chi connectivity index (χ2n) is 7.87. The Bertz CT molecular complexity index is 450. The van der Waals surface area contributed by atoms with Crippen LogP contribution in [0.15, 0.2) is 23.8 Å². The van der Waals surface area contributed by atoms with Crippen molar-refractivity contribution >= 4 is 5.97 Å². The highest BCUT2D eigenvalue weighted by Gasteiger charge is 2.35. The number of nitrogens with zero attached hydrogens (tertiary/aromatic N) is 1. The van der Waals surface area contributed by atoms with Gasteiger partial charge < -0.3 is 5.11 Å². The van der Waals surface area contributed by atoms with Crippen LogP contribution in [0.3, 0.4) is 0 Å². The Morgan fingerprint density at radius 3 is 2.43 bits per heavy atom. The standard InChI is InChI=1S/C18H29NO2/c1-17(2,3)18(4)9-5-14(6-10-18)13-19-11-7-15(8-12-19)16(20)21/h5-6,9,15H,7-8,10-13H2,1-4H3,(H,20,21). The summed E-state index contributed by atoms with van der Waals surface area (Å²) in [6.07, 6.45) is 9.67. The van der Waals surface area contributed by atoms with Gasteiger partial charge in [0, 0.05) is 6.54 Å². The van der Waals surface area contributed by atoms with Crippen molar-refractivity contribution in [2.75, 3.05) is 19.6 Å². The first-order chi connectivity index (χ1) is 9.71. The van der Waals surface area contributed by atoms with Gasteiger partial charge in [-0.1, -0.05) is 45.9 Å². The van der Waals surface area contributed by atoms with E-state index in [0.717, 1.165) is 38.9 Å². The summed E-state index contributed by atoms with van der Waals surface area (Å²) >= 11 is 0. The van der Waals surface area contributed by atoms with E-state index in [-0.39, 0.29) is 16.7 Å². The SMILES string of the molecule is CC(C)(C)C1(C)C=CC(CN2CCC(C(=O)O)CC2)=CC1. The molecule has 1 aliphatic heterocycles. The molecule has 1 aliphatic carbocycles. The molecule has 1 unspecified atom stereocenters. The molecule has 0 saturated carbocycles. The van der Waals surface area contributed by atoms with Gasteiger partial charge in [-0.25, -0.2) is 0 Å². The van der Waals surface area contributed by atoms with Crippen molar-refractivity contribution in [3.8, 4) is 0 Å². The highest BCUT2D eigenvalue weighted by atomic mass is 16.4. The van der Waals surface area contributed by atoms with E-state index >= 15 is 0 Å². The van der Waals surface area contributed by atoms with Gasteiger partial charge in [-0.15, -0.1) is 0 Å². The molecule has 2 aliphatic rings. The zero-order valence-electron chi connectivity index (χ0n) is 13.9. The summed E-state index contributed by atoms with van der Waals surface area (Å²) in [5.74, 6) is -0.770. The lowest BCUT2D eigenvalue weighted by Crippen LogP contribution is -2.38. The van der Waals surface area contributed by atoms with Crippen LogP contribution < -0.4 is 0 Å². The van der Waals surface area contributed by atoms with Gasteiger partial charge in [0.15, 0.2) is 0 Å². The van der Waals surface area contributed by atoms with Gasteiger partial charge >= 0.3 is 5.97 Å². The third kappa shape index (κ3) is 3.76. The highest BCUT2D eigenvalue weighted by Crippen LogP contribution is 2.45. The van der Waals surface area contributed by atoms with Crippen LogP contribution in [-0.4, -0.2) is 35.6 Å². The minimum atomic E-state index is -0.632. The molecule has 21 heavy (non-hydrogen) atoms. The molecule has 3 nitrogen and oxygen atoms in total. The van der Waals surface area contributed by atoms with Gasteiger partial charge in [0.05, 0.1) is 5.92 Å². The Hall–Kier alpha value is -1.09. The Morgan fingerprint density at radius 2 is 2.00 bits per heavy atom. The molecule has 0 aromatic heterocycles. The minimum absolute atomic E-state index is 0.138. The minimum Gasteiger partial charge on any atom is -0.481 e. The third-order valence-electron chi connectivity index (χ3n) is 5.51. The number of hydrogen-bond acceptors (Lipinski definition) is 2. The highest BCUT2D eigenvalue weighted by molar-refractivity contribution is 5.70. The molecular formula is C18H29NO2. The molecule has 0 radical (unpaired) electrons. The lowest BCUT2D eigenvalue weighted by Gasteiger charge is -2.41. The number of carboxylic acids is 1. The molecule has 3 heteroatoms. The maximum atomic E-state index is 11.0. The van der Waals surface area contributed by atoms with Crippen LogP contribution in [0.4, 0.5) is 0 Å². The zero-order chi connectivity index (χ0) is 15.7. The monoisotopic (exact) mass is 291 g/mol. The molecule has 1 atom stereocenters. The summed E-state index contributed by atoms with van der Waals surface area (Å²) < 4.78 is 0. The normalized spacial score (nSPS) is 28.5.